The summed E-state index contributed by atoms with van der Waals surface area (Å²) < 4.78 is 7.96. The predicted octanol–water partition coefficient (Wildman–Crippen LogP) is 3.61. The van der Waals surface area contributed by atoms with Crippen LogP contribution in [0.3, 0.4) is 0 Å². The maximum absolute atomic E-state index is 13.7. The number of aryl methyl sites for hydroxylation is 1. The normalized spacial score (nSPS) is 28.3. The number of amides is 1. The molecule has 8 nitrogen and oxygen atoms in total. The molecule has 3 fully saturated rings. The molecule has 4 atom stereocenters. The Morgan fingerprint density at radius 1 is 1.15 bits per heavy atom. The summed E-state index contributed by atoms with van der Waals surface area (Å²) in [6.45, 7) is 8.84. The molecule has 2 unspecified atom stereocenters. The molecule has 8 heteroatoms. The van der Waals surface area contributed by atoms with E-state index in [4.69, 9.17) is 20.6 Å². The minimum absolute atomic E-state index is 0.0262. The Labute approximate surface area is 202 Å². The Bertz CT molecular complexity index is 1020. The van der Waals surface area contributed by atoms with Crippen LogP contribution in [0.2, 0.25) is 0 Å². The van der Waals surface area contributed by atoms with Gasteiger partial charge in [-0.3, -0.25) is 4.79 Å². The minimum Gasteiger partial charge on any atom is -0.376 e. The lowest BCUT2D eigenvalue weighted by Crippen LogP contribution is -2.44. The number of rotatable bonds is 5. The van der Waals surface area contributed by atoms with Crippen molar-refractivity contribution in [3.63, 3.8) is 0 Å². The lowest BCUT2D eigenvalue weighted by molar-refractivity contribution is -0.143. The summed E-state index contributed by atoms with van der Waals surface area (Å²) in [5.41, 5.74) is 9.04. The molecule has 0 radical (unpaired) electrons. The summed E-state index contributed by atoms with van der Waals surface area (Å²) in [7, 11) is 0. The van der Waals surface area contributed by atoms with Crippen molar-refractivity contribution in [2.45, 2.75) is 96.4 Å². The van der Waals surface area contributed by atoms with E-state index in [1.165, 1.54) is 0 Å². The number of nitrogens with two attached hydrogens (primary N) is 1. The van der Waals surface area contributed by atoms with Crippen molar-refractivity contribution < 1.29 is 9.53 Å². The number of nitrogens with zero attached hydrogens (tertiary/aromatic N) is 5. The lowest BCUT2D eigenvalue weighted by atomic mass is 9.85. The van der Waals surface area contributed by atoms with Gasteiger partial charge in [0.15, 0.2) is 5.65 Å². The fourth-order valence-corrected chi connectivity index (χ4v) is 6.10. The van der Waals surface area contributed by atoms with Gasteiger partial charge in [0.1, 0.15) is 5.82 Å². The van der Waals surface area contributed by atoms with Crippen LogP contribution in [0.1, 0.15) is 82.5 Å². The van der Waals surface area contributed by atoms with Gasteiger partial charge in [0.25, 0.3) is 0 Å². The molecule has 2 N–H and O–H groups in total. The van der Waals surface area contributed by atoms with Crippen molar-refractivity contribution in [3.8, 4) is 0 Å². The largest absolute Gasteiger partial charge is 0.376 e. The molecule has 4 heterocycles. The third-order valence-electron chi connectivity index (χ3n) is 7.72. The summed E-state index contributed by atoms with van der Waals surface area (Å²) in [4.78, 5) is 23.0. The van der Waals surface area contributed by atoms with Gasteiger partial charge in [-0.1, -0.05) is 6.42 Å². The molecule has 2 aromatic rings. The zero-order valence-electron chi connectivity index (χ0n) is 20.9. The van der Waals surface area contributed by atoms with Gasteiger partial charge in [0.05, 0.1) is 23.9 Å². The molecule has 0 bridgehead atoms. The average molecular weight is 469 g/mol. The zero-order valence-corrected chi connectivity index (χ0v) is 20.9. The number of ether oxygens (including phenoxy) is 1. The number of likely N-dealkylation sites (tertiary alicyclic amines) is 1. The van der Waals surface area contributed by atoms with Gasteiger partial charge in [-0.05, 0) is 65.7 Å². The first-order valence-electron chi connectivity index (χ1n) is 13.2. The Morgan fingerprint density at radius 2 is 2.00 bits per heavy atom. The summed E-state index contributed by atoms with van der Waals surface area (Å²) in [5.74, 6) is 1.35. The molecule has 2 aliphatic heterocycles. The molecule has 1 saturated carbocycles. The Morgan fingerprint density at radius 3 is 2.76 bits per heavy atom. The number of anilines is 1. The topological polar surface area (TPSA) is 89.0 Å². The van der Waals surface area contributed by atoms with Crippen LogP contribution in [0.4, 0.5) is 5.82 Å². The van der Waals surface area contributed by atoms with Crippen molar-refractivity contribution in [3.05, 3.63) is 23.5 Å². The summed E-state index contributed by atoms with van der Waals surface area (Å²) in [6, 6.07) is 2.32. The highest BCUT2D eigenvalue weighted by atomic mass is 16.5. The van der Waals surface area contributed by atoms with E-state index in [-0.39, 0.29) is 36.1 Å². The fourth-order valence-electron chi connectivity index (χ4n) is 6.10. The second kappa shape index (κ2) is 9.82. The van der Waals surface area contributed by atoms with E-state index in [1.807, 2.05) is 4.52 Å². The summed E-state index contributed by atoms with van der Waals surface area (Å²) in [5, 5.41) is 4.90. The maximum Gasteiger partial charge on any atom is 0.226 e. The van der Waals surface area contributed by atoms with Gasteiger partial charge in [-0.2, -0.15) is 5.10 Å². The van der Waals surface area contributed by atoms with Crippen LogP contribution in [0, 0.1) is 12.8 Å². The van der Waals surface area contributed by atoms with Crippen LogP contribution in [0.25, 0.3) is 5.65 Å². The van der Waals surface area contributed by atoms with Crippen LogP contribution >= 0.6 is 0 Å². The Balaban J connectivity index is 1.37. The number of carbonyl (C=O) groups excluding carboxylic acids is 1. The zero-order chi connectivity index (χ0) is 23.8. The van der Waals surface area contributed by atoms with Crippen molar-refractivity contribution in [2.75, 3.05) is 24.5 Å². The molecule has 0 aromatic carbocycles. The SMILES string of the molecule is Cc1cn2nc([C@@H]3CCCCN3C(=O)C3CCCC(OC(C)C)C3)cc2nc1N1CC[C@H](N)C1. The quantitative estimate of drug-likeness (QED) is 0.721. The van der Waals surface area contributed by atoms with Crippen molar-refractivity contribution in [1.82, 2.24) is 19.5 Å². The van der Waals surface area contributed by atoms with Gasteiger partial charge in [0.2, 0.25) is 5.91 Å². The first-order valence-corrected chi connectivity index (χ1v) is 13.2. The van der Waals surface area contributed by atoms with E-state index in [0.29, 0.717) is 0 Å². The van der Waals surface area contributed by atoms with E-state index < -0.39 is 0 Å². The minimum atomic E-state index is 0.0262. The number of hydrogen-bond acceptors (Lipinski definition) is 6. The smallest absolute Gasteiger partial charge is 0.226 e. The maximum atomic E-state index is 13.7. The predicted molar refractivity (Wildman–Crippen MR) is 133 cm³/mol. The number of aromatic nitrogens is 3. The molecule has 186 valence electrons. The Kier molecular flexibility index (Phi) is 6.80. The molecular weight excluding hydrogens is 428 g/mol. The van der Waals surface area contributed by atoms with E-state index in [0.717, 1.165) is 93.7 Å². The highest BCUT2D eigenvalue weighted by Crippen LogP contribution is 2.36. The van der Waals surface area contributed by atoms with Crippen molar-refractivity contribution in [2.24, 2.45) is 11.7 Å². The third-order valence-corrected chi connectivity index (χ3v) is 7.72. The molecule has 2 saturated heterocycles. The standard InChI is InChI=1S/C26H40N6O2/c1-17(2)34-21-8-6-7-19(13-21)26(33)31-11-5-4-9-23(31)22-14-24-28-25(18(3)15-32(24)29-22)30-12-10-20(27)16-30/h14-15,17,19-21,23H,4-13,16,27H2,1-3H3/t19?,20-,21?,23-/m0/s1. The number of hydrogen-bond donors (Lipinski definition) is 1. The average Bonchev–Trinajstić information content (AvgIpc) is 3.43. The van der Waals surface area contributed by atoms with E-state index >= 15 is 0 Å². The van der Waals surface area contributed by atoms with Gasteiger partial charge in [0, 0.05) is 49.4 Å². The van der Waals surface area contributed by atoms with Gasteiger partial charge >= 0.3 is 0 Å². The van der Waals surface area contributed by atoms with Crippen molar-refractivity contribution >= 4 is 17.4 Å². The molecule has 1 amide bonds. The van der Waals surface area contributed by atoms with Crippen LogP contribution < -0.4 is 10.6 Å². The second-order valence-corrected chi connectivity index (χ2v) is 10.8. The number of carbonyl (C=O) groups is 1. The molecule has 0 spiro atoms. The first-order chi connectivity index (χ1) is 16.4. The molecule has 2 aromatic heterocycles. The van der Waals surface area contributed by atoms with Gasteiger partial charge in [-0.25, -0.2) is 9.50 Å². The summed E-state index contributed by atoms with van der Waals surface area (Å²) in [6.07, 6.45) is 10.5. The van der Waals surface area contributed by atoms with Gasteiger partial charge < -0.3 is 20.3 Å². The van der Waals surface area contributed by atoms with Gasteiger partial charge in [-0.15, -0.1) is 0 Å². The highest BCUT2D eigenvalue weighted by molar-refractivity contribution is 5.79. The van der Waals surface area contributed by atoms with E-state index in [2.05, 4.69) is 42.8 Å². The highest BCUT2D eigenvalue weighted by Gasteiger charge is 2.36. The first kappa shape index (κ1) is 23.5. The molecule has 5 rings (SSSR count). The van der Waals surface area contributed by atoms with Crippen LogP contribution in [0.5, 0.6) is 0 Å². The molecular formula is C26H40N6O2. The monoisotopic (exact) mass is 468 g/mol. The molecule has 1 aliphatic carbocycles. The molecule has 3 aliphatic rings. The number of fused-ring (bicyclic) bond motifs is 1. The van der Waals surface area contributed by atoms with Crippen molar-refractivity contribution in [1.29, 1.82) is 0 Å². The fraction of sp³-hybridized carbons (Fsp3) is 0.731. The van der Waals surface area contributed by atoms with Crippen LogP contribution in [-0.4, -0.2) is 63.3 Å². The van der Waals surface area contributed by atoms with E-state index in [1.54, 1.807) is 0 Å². The van der Waals surface area contributed by atoms with Crippen LogP contribution in [0.15, 0.2) is 12.3 Å². The van der Waals surface area contributed by atoms with Crippen LogP contribution in [-0.2, 0) is 9.53 Å². The number of piperidine rings is 1. The third kappa shape index (κ3) is 4.80. The second-order valence-electron chi connectivity index (χ2n) is 10.8. The lowest BCUT2D eigenvalue weighted by Gasteiger charge is -2.39. The molecule has 34 heavy (non-hydrogen) atoms. The summed E-state index contributed by atoms with van der Waals surface area (Å²) >= 11 is 0. The Hall–Kier alpha value is -2.19. The van der Waals surface area contributed by atoms with E-state index in [9.17, 15) is 4.79 Å².